The molecule has 2 heterocycles. The molecular weight excluding hydrogens is 432 g/mol. The van der Waals surface area contributed by atoms with E-state index in [0.717, 1.165) is 22.3 Å². The average molecular weight is 463 g/mol. The molecule has 34 heavy (non-hydrogen) atoms. The van der Waals surface area contributed by atoms with E-state index in [1.807, 2.05) is 62.4 Å². The summed E-state index contributed by atoms with van der Waals surface area (Å²) in [6.07, 6.45) is 0.222. The lowest BCUT2D eigenvalue weighted by Gasteiger charge is -2.18. The maximum absolute atomic E-state index is 12.6. The second-order valence-electron chi connectivity index (χ2n) is 9.30. The first-order valence-electron chi connectivity index (χ1n) is 11.5. The minimum absolute atomic E-state index is 0.0832. The topological polar surface area (TPSA) is 98.8 Å². The van der Waals surface area contributed by atoms with Gasteiger partial charge in [-0.15, -0.1) is 0 Å². The molecule has 2 aliphatic rings. The molecule has 2 aromatic carbocycles. The predicted molar refractivity (Wildman–Crippen MR) is 126 cm³/mol. The number of nitrogens with one attached hydrogen (secondary N) is 2. The van der Waals surface area contributed by atoms with E-state index in [0.29, 0.717) is 26.2 Å². The Hall–Kier alpha value is -3.68. The fourth-order valence-electron chi connectivity index (χ4n) is 4.36. The Balaban J connectivity index is 1.24. The van der Waals surface area contributed by atoms with Crippen molar-refractivity contribution in [3.05, 3.63) is 70.8 Å². The van der Waals surface area contributed by atoms with E-state index in [1.54, 1.807) is 9.80 Å². The van der Waals surface area contributed by atoms with Gasteiger partial charge < -0.3 is 9.80 Å². The summed E-state index contributed by atoms with van der Waals surface area (Å²) >= 11 is 0. The Bertz CT molecular complexity index is 993. The first-order chi connectivity index (χ1) is 16.3. The summed E-state index contributed by atoms with van der Waals surface area (Å²) in [4.78, 5) is 53.2. The largest absolute Gasteiger partial charge is 0.338 e. The van der Waals surface area contributed by atoms with Gasteiger partial charge in [-0.25, -0.2) is 0 Å². The van der Waals surface area contributed by atoms with Crippen LogP contribution in [0, 0.1) is 25.7 Å². The quantitative estimate of drug-likeness (QED) is 0.640. The van der Waals surface area contributed by atoms with Crippen molar-refractivity contribution in [2.75, 3.05) is 13.1 Å². The summed E-state index contributed by atoms with van der Waals surface area (Å²) < 4.78 is 0. The van der Waals surface area contributed by atoms with Gasteiger partial charge in [-0.1, -0.05) is 59.7 Å². The highest BCUT2D eigenvalue weighted by molar-refractivity contribution is 5.92. The molecule has 0 saturated carbocycles. The predicted octanol–water partition coefficient (Wildman–Crippen LogP) is 1.85. The van der Waals surface area contributed by atoms with Gasteiger partial charge >= 0.3 is 0 Å². The van der Waals surface area contributed by atoms with Crippen molar-refractivity contribution in [2.24, 2.45) is 11.8 Å². The van der Waals surface area contributed by atoms with Crippen molar-refractivity contribution in [2.45, 2.75) is 39.8 Å². The number of likely N-dealkylation sites (tertiary alicyclic amines) is 2. The van der Waals surface area contributed by atoms with E-state index in [2.05, 4.69) is 10.9 Å². The molecule has 4 amide bonds. The molecule has 2 N–H and O–H groups in total. The standard InChI is InChI=1S/C26H30N4O4/c1-17-3-7-19(8-4-17)13-29-15-21(11-23(29)31)25(33)27-28-26(34)22-12-24(32)30(16-22)14-20-9-5-18(2)6-10-20/h3-10,21-22H,11-16H2,1-2H3,(H,27,33)(H,28,34)/t21-,22-/m1/s1. The van der Waals surface area contributed by atoms with Crippen LogP contribution in [0.5, 0.6) is 0 Å². The molecule has 2 aromatic rings. The molecule has 2 aliphatic heterocycles. The zero-order valence-electron chi connectivity index (χ0n) is 19.5. The molecule has 4 rings (SSSR count). The lowest BCUT2D eigenvalue weighted by molar-refractivity contribution is -0.133. The number of carbonyl (C=O) groups is 4. The second-order valence-corrected chi connectivity index (χ2v) is 9.30. The third-order valence-corrected chi connectivity index (χ3v) is 6.47. The molecule has 8 heteroatoms. The van der Waals surface area contributed by atoms with Crippen LogP contribution in [0.25, 0.3) is 0 Å². The lowest BCUT2D eigenvalue weighted by atomic mass is 10.1. The Labute approximate surface area is 199 Å². The van der Waals surface area contributed by atoms with Gasteiger partial charge in [0.15, 0.2) is 0 Å². The Kier molecular flexibility index (Phi) is 6.95. The normalized spacial score (nSPS) is 20.1. The molecule has 0 radical (unpaired) electrons. The molecule has 0 unspecified atom stereocenters. The molecule has 0 aromatic heterocycles. The number of carbonyl (C=O) groups excluding carboxylic acids is 4. The minimum atomic E-state index is -0.526. The Morgan fingerprint density at radius 3 is 1.41 bits per heavy atom. The van der Waals surface area contributed by atoms with Crippen LogP contribution >= 0.6 is 0 Å². The SMILES string of the molecule is Cc1ccc(CN2C[C@H](C(=O)NNC(=O)[C@@H]3CC(=O)N(Cc4ccc(C)cc4)C3)CC2=O)cc1. The van der Waals surface area contributed by atoms with Gasteiger partial charge in [0.25, 0.3) is 0 Å². The van der Waals surface area contributed by atoms with Crippen LogP contribution in [0.1, 0.15) is 35.1 Å². The second kappa shape index (κ2) is 10.1. The van der Waals surface area contributed by atoms with Crippen molar-refractivity contribution in [1.29, 1.82) is 0 Å². The summed E-state index contributed by atoms with van der Waals surface area (Å²) in [6.45, 7) is 5.53. The van der Waals surface area contributed by atoms with Gasteiger partial charge in [0.2, 0.25) is 23.6 Å². The van der Waals surface area contributed by atoms with Crippen molar-refractivity contribution >= 4 is 23.6 Å². The van der Waals surface area contributed by atoms with Crippen molar-refractivity contribution in [3.8, 4) is 0 Å². The maximum atomic E-state index is 12.6. The molecular formula is C26H30N4O4. The van der Waals surface area contributed by atoms with Crippen LogP contribution < -0.4 is 10.9 Å². The first kappa shape index (κ1) is 23.5. The van der Waals surface area contributed by atoms with E-state index in [4.69, 9.17) is 0 Å². The number of rotatable bonds is 6. The number of nitrogens with zero attached hydrogens (tertiary/aromatic N) is 2. The van der Waals surface area contributed by atoms with E-state index >= 15 is 0 Å². The van der Waals surface area contributed by atoms with Gasteiger partial charge in [0.05, 0.1) is 11.8 Å². The van der Waals surface area contributed by atoms with Gasteiger partial charge in [0.1, 0.15) is 0 Å². The third-order valence-electron chi connectivity index (χ3n) is 6.47. The van der Waals surface area contributed by atoms with Crippen LogP contribution in [0.4, 0.5) is 0 Å². The fourth-order valence-corrected chi connectivity index (χ4v) is 4.36. The van der Waals surface area contributed by atoms with Crippen molar-refractivity contribution in [3.63, 3.8) is 0 Å². The van der Waals surface area contributed by atoms with Crippen LogP contribution in [0.2, 0.25) is 0 Å². The van der Waals surface area contributed by atoms with E-state index < -0.39 is 23.7 Å². The zero-order chi connectivity index (χ0) is 24.2. The molecule has 0 aliphatic carbocycles. The van der Waals surface area contributed by atoms with Crippen molar-refractivity contribution < 1.29 is 19.2 Å². The van der Waals surface area contributed by atoms with Gasteiger partial charge in [-0.05, 0) is 25.0 Å². The maximum Gasteiger partial charge on any atom is 0.243 e. The number of hydrogen-bond donors (Lipinski definition) is 2. The Morgan fingerprint density at radius 1 is 0.706 bits per heavy atom. The summed E-state index contributed by atoms with van der Waals surface area (Å²) in [6, 6.07) is 15.9. The zero-order valence-corrected chi connectivity index (χ0v) is 19.5. The molecule has 2 saturated heterocycles. The molecule has 0 bridgehead atoms. The number of hydrogen-bond acceptors (Lipinski definition) is 4. The average Bonchev–Trinajstić information content (AvgIpc) is 3.37. The summed E-state index contributed by atoms with van der Waals surface area (Å²) in [7, 11) is 0. The van der Waals surface area contributed by atoms with E-state index in [1.165, 1.54) is 0 Å². The summed E-state index contributed by atoms with van der Waals surface area (Å²) in [5.41, 5.74) is 9.21. The van der Waals surface area contributed by atoms with E-state index in [-0.39, 0.29) is 24.7 Å². The van der Waals surface area contributed by atoms with Gasteiger partial charge in [-0.3, -0.25) is 30.0 Å². The van der Waals surface area contributed by atoms with E-state index in [9.17, 15) is 19.2 Å². The molecule has 2 atom stereocenters. The van der Waals surface area contributed by atoms with Crippen LogP contribution in [-0.4, -0.2) is 46.5 Å². The molecule has 178 valence electrons. The highest BCUT2D eigenvalue weighted by Crippen LogP contribution is 2.22. The van der Waals surface area contributed by atoms with Gasteiger partial charge in [-0.2, -0.15) is 0 Å². The number of aryl methyl sites for hydroxylation is 2. The van der Waals surface area contributed by atoms with Crippen LogP contribution in [0.3, 0.4) is 0 Å². The summed E-state index contributed by atoms with van der Waals surface area (Å²) in [5.74, 6) is -2.01. The minimum Gasteiger partial charge on any atom is -0.338 e. The number of benzene rings is 2. The third kappa shape index (κ3) is 5.62. The van der Waals surface area contributed by atoms with Gasteiger partial charge in [0, 0.05) is 39.0 Å². The monoisotopic (exact) mass is 462 g/mol. The molecule has 8 nitrogen and oxygen atoms in total. The highest BCUT2D eigenvalue weighted by atomic mass is 16.2. The highest BCUT2D eigenvalue weighted by Gasteiger charge is 2.36. The fraction of sp³-hybridized carbons (Fsp3) is 0.385. The smallest absolute Gasteiger partial charge is 0.243 e. The van der Waals surface area contributed by atoms with Crippen LogP contribution in [-0.2, 0) is 32.3 Å². The van der Waals surface area contributed by atoms with Crippen molar-refractivity contribution in [1.82, 2.24) is 20.7 Å². The summed E-state index contributed by atoms with van der Waals surface area (Å²) in [5, 5.41) is 0. The van der Waals surface area contributed by atoms with Crippen LogP contribution in [0.15, 0.2) is 48.5 Å². The Morgan fingerprint density at radius 2 is 1.06 bits per heavy atom. The number of hydrazine groups is 1. The lowest BCUT2D eigenvalue weighted by Crippen LogP contribution is -2.47. The first-order valence-corrected chi connectivity index (χ1v) is 11.5. The molecule has 2 fully saturated rings. The molecule has 0 spiro atoms. The number of amides is 4.